The molecule has 4 heterocycles. The first kappa shape index (κ1) is 104. The smallest absolute Gasteiger partial charge is 0.245 e. The topological polar surface area (TPSA) is 343 Å². The number of hydrogen-bond donors (Lipinski definition) is 13. The maximum atomic E-state index is 13.7. The number of aromatic amines is 2. The number of carbonyl (C=O) groups is 8. The van der Waals surface area contributed by atoms with Gasteiger partial charge in [0.25, 0.3) is 0 Å². The van der Waals surface area contributed by atoms with Gasteiger partial charge in [-0.15, -0.1) is 0 Å². The summed E-state index contributed by atoms with van der Waals surface area (Å²) in [5.41, 5.74) is 27.3. The number of hydrogen-bond acceptors (Lipinski definition) is 13. The molecular formula is C121H140N14O9. The molecule has 144 heavy (non-hydrogen) atoms. The van der Waals surface area contributed by atoms with E-state index in [0.717, 1.165) is 173 Å². The first-order valence-corrected chi connectivity index (χ1v) is 51.6. The third-order valence-electron chi connectivity index (χ3n) is 28.6. The first-order valence-electron chi connectivity index (χ1n) is 51.6. The molecule has 23 nitrogen and oxygen atoms in total. The molecule has 2 saturated heterocycles. The Labute approximate surface area is 845 Å². The molecule has 0 bridgehead atoms. The number of nitrogens with two attached hydrogens (primary N) is 2. The number of carbonyl (C=O) groups excluding carboxylic acids is 8. The Bertz CT molecular complexity index is 6810. The average molecular weight is 1930 g/mol. The van der Waals surface area contributed by atoms with Gasteiger partial charge in [0.1, 0.15) is 24.2 Å². The molecular weight excluding hydrogens is 1790 g/mol. The number of H-pyrrole nitrogens is 2. The van der Waals surface area contributed by atoms with Crippen LogP contribution in [0.2, 0.25) is 0 Å². The number of aromatic nitrogens is 2. The fourth-order valence-corrected chi connectivity index (χ4v) is 20.2. The second-order valence-electron chi connectivity index (χ2n) is 38.8. The van der Waals surface area contributed by atoms with Gasteiger partial charge in [0.15, 0.2) is 0 Å². The van der Waals surface area contributed by atoms with Crippen LogP contribution in [-0.4, -0.2) is 181 Å². The molecule has 15 N–H and O–H groups in total. The van der Waals surface area contributed by atoms with Crippen molar-refractivity contribution in [3.05, 3.63) is 347 Å². The Hall–Kier alpha value is -14.2. The summed E-state index contributed by atoms with van der Waals surface area (Å²) in [6.45, 7) is 8.79. The minimum Gasteiger partial charge on any atom is -0.394 e. The summed E-state index contributed by atoms with van der Waals surface area (Å²) in [5.74, 6) is -1.01. The second-order valence-corrected chi connectivity index (χ2v) is 38.8. The average Bonchev–Trinajstić information content (AvgIpc) is 1.57. The number of benzene rings is 12. The molecule has 2 fully saturated rings. The Morgan fingerprint density at radius 2 is 0.778 bits per heavy atom. The van der Waals surface area contributed by atoms with Crippen LogP contribution in [0.25, 0.3) is 76.0 Å². The number of para-hydroxylation sites is 2. The molecule has 4 aliphatic rings. The van der Waals surface area contributed by atoms with E-state index in [4.69, 9.17) is 11.5 Å². The zero-order valence-corrected chi connectivity index (χ0v) is 83.5. The van der Waals surface area contributed by atoms with Crippen molar-refractivity contribution in [2.75, 3.05) is 66.5 Å². The zero-order chi connectivity index (χ0) is 101. The van der Waals surface area contributed by atoms with Crippen LogP contribution in [0.5, 0.6) is 0 Å². The quantitative estimate of drug-likeness (QED) is 0.0171. The summed E-state index contributed by atoms with van der Waals surface area (Å²) in [6.07, 6.45) is 21.4. The fraction of sp³-hybridized carbons (Fsp3) is 0.339. The number of amides is 8. The normalized spacial score (nSPS) is 14.9. The summed E-state index contributed by atoms with van der Waals surface area (Å²) in [7, 11) is 3.58. The van der Waals surface area contributed by atoms with Crippen LogP contribution in [0.3, 0.4) is 0 Å². The highest BCUT2D eigenvalue weighted by molar-refractivity contribution is 5.95. The zero-order valence-electron chi connectivity index (χ0n) is 83.5. The van der Waals surface area contributed by atoms with Crippen LogP contribution in [0.4, 0.5) is 0 Å². The van der Waals surface area contributed by atoms with Crippen molar-refractivity contribution in [1.82, 2.24) is 62.3 Å². The predicted molar refractivity (Wildman–Crippen MR) is 581 cm³/mol. The van der Waals surface area contributed by atoms with Gasteiger partial charge in [0.05, 0.1) is 12.6 Å². The maximum absolute atomic E-state index is 13.7. The number of aliphatic hydroxyl groups excluding tert-OH is 1. The highest BCUT2D eigenvalue weighted by Gasteiger charge is 2.34. The van der Waals surface area contributed by atoms with Crippen molar-refractivity contribution < 1.29 is 43.5 Å². The van der Waals surface area contributed by atoms with E-state index in [2.05, 4.69) is 242 Å². The largest absolute Gasteiger partial charge is 0.394 e. The van der Waals surface area contributed by atoms with Gasteiger partial charge < -0.3 is 78.9 Å². The van der Waals surface area contributed by atoms with E-state index in [-0.39, 0.29) is 77.8 Å². The van der Waals surface area contributed by atoms with Crippen LogP contribution in [0.1, 0.15) is 147 Å². The van der Waals surface area contributed by atoms with E-state index in [1.54, 1.807) is 16.8 Å². The van der Waals surface area contributed by atoms with Crippen LogP contribution < -0.4 is 54.0 Å². The maximum Gasteiger partial charge on any atom is 0.245 e. The SMILES string of the molecule is CCC(Cc1c[nH]c2ccccc12)NC(=O)C(Cc1ccc2ccccc2c1)N(C)C(=O)CCCN.CCC(Cc1c[nH]c2ccccc12)NC(=O)C(Cc1ccc2ccccc2c1)NC(=O)CCCN.CN(CCC1=CCc2ccccc21)C(=O)C(Cc1ccc2ccccc2c1)NC(=O)C1CCNCC1.O=C(NC(Cc1ccc2ccccc2c1)C(=O)NC(CO)CC1=CCc2ccccc21)C1CCNCC1. The van der Waals surface area contributed by atoms with E-state index in [1.807, 2.05) is 123 Å². The number of piperidine rings is 2. The van der Waals surface area contributed by atoms with Crippen LogP contribution in [0, 0.1) is 11.8 Å². The van der Waals surface area contributed by atoms with Gasteiger partial charge in [0.2, 0.25) is 47.3 Å². The Balaban J connectivity index is 0.000000144. The Morgan fingerprint density at radius 1 is 0.396 bits per heavy atom. The van der Waals surface area contributed by atoms with E-state index in [0.29, 0.717) is 77.4 Å². The first-order chi connectivity index (χ1) is 70.2. The minimum absolute atomic E-state index is 0.00327. The van der Waals surface area contributed by atoms with Crippen molar-refractivity contribution in [2.24, 2.45) is 23.3 Å². The van der Waals surface area contributed by atoms with Crippen molar-refractivity contribution in [3.8, 4) is 0 Å². The third kappa shape index (κ3) is 28.4. The summed E-state index contributed by atoms with van der Waals surface area (Å²) in [5, 5.41) is 46.8. The number of aliphatic hydroxyl groups is 1. The second kappa shape index (κ2) is 52.2. The molecule has 12 aromatic carbocycles. The number of fused-ring (bicyclic) bond motifs is 8. The standard InChI is InChI=1S/C31H35N3O3.C31H35N3O2.C30H36N4O2.C29H34N4O2/c35-20-27(19-26-12-11-23-6-3-4-8-28(23)26)33-31(37)29(34-30(36)24-13-15-32-16-14-24)18-21-9-10-22-5-1-2-7-25(22)17-21;1-34(19-16-25-13-12-24-7-4-5-9-28(24)25)31(36)29(33-30(35)26-14-17-32-18-15-26)21-22-10-11-23-6-2-3-8-27(23)20-22;1-3-25(19-24-20-32-27-12-7-6-11-26(24)27)33-30(36)28(34(2)29(35)13-8-16-31)18-21-14-15-22-9-4-5-10-23(22)17-21;1-2-24(18-23-19-31-26-11-6-5-10-25(23)26)32-29(35)27(33-28(34)12-7-15-30)17-20-13-14-21-8-3-4-9-22(21)16-20/h1-10,12,17,24,27,29,32,35H,11,13-16,18-20H2,(H,33,37)(H,34,36);2-11,13,20,26,29,32H,12,14-19,21H2,1H3,(H,33,35);4-7,9-12,14-15,17,20,25,28,32H,3,8,13,16,18-19,31H2,1-2H3,(H,33,36);3-6,8-11,13-14,16,19,24,27,31H,2,7,12,15,17-18,30H2,1H3,(H,32,35)(H,33,34). The molecule has 2 aromatic heterocycles. The molecule has 7 atom stereocenters. The summed E-state index contributed by atoms with van der Waals surface area (Å²) in [4.78, 5) is 116. The number of nitrogens with one attached hydrogen (secondary N) is 10. The van der Waals surface area contributed by atoms with E-state index in [1.165, 1.54) is 55.1 Å². The lowest BCUT2D eigenvalue weighted by atomic mass is 9.95. The Kier molecular flexibility index (Phi) is 37.7. The molecule has 2 aliphatic heterocycles. The molecule has 0 saturated carbocycles. The molecule has 18 rings (SSSR count). The molecule has 7 unspecified atom stereocenters. The van der Waals surface area contributed by atoms with Gasteiger partial charge >= 0.3 is 0 Å². The molecule has 748 valence electrons. The lowest BCUT2D eigenvalue weighted by Gasteiger charge is -2.29. The molecule has 23 heteroatoms. The van der Waals surface area contributed by atoms with Crippen LogP contribution >= 0.6 is 0 Å². The van der Waals surface area contributed by atoms with Gasteiger partial charge in [-0.05, 0) is 251 Å². The van der Waals surface area contributed by atoms with Crippen molar-refractivity contribution in [3.63, 3.8) is 0 Å². The molecule has 2 aliphatic carbocycles. The molecule has 14 aromatic rings. The monoisotopic (exact) mass is 1930 g/mol. The number of rotatable bonds is 39. The number of nitrogens with zero attached hydrogens (tertiary/aromatic N) is 2. The predicted octanol–water partition coefficient (Wildman–Crippen LogP) is 16.5. The third-order valence-corrected chi connectivity index (χ3v) is 28.6. The fourth-order valence-electron chi connectivity index (χ4n) is 20.2. The highest BCUT2D eigenvalue weighted by atomic mass is 16.3. The molecule has 0 spiro atoms. The van der Waals surface area contributed by atoms with Crippen molar-refractivity contribution >= 4 is 123 Å². The lowest BCUT2D eigenvalue weighted by molar-refractivity contribution is -0.139. The van der Waals surface area contributed by atoms with E-state index >= 15 is 0 Å². The van der Waals surface area contributed by atoms with Gasteiger partial charge in [-0.25, -0.2) is 0 Å². The van der Waals surface area contributed by atoms with Gasteiger partial charge in [0, 0.05) is 117 Å². The minimum atomic E-state index is -0.720. The van der Waals surface area contributed by atoms with Gasteiger partial charge in [-0.2, -0.15) is 0 Å². The van der Waals surface area contributed by atoms with Gasteiger partial charge in [-0.1, -0.05) is 281 Å². The van der Waals surface area contributed by atoms with E-state index in [9.17, 15) is 43.5 Å². The van der Waals surface area contributed by atoms with Crippen molar-refractivity contribution in [2.45, 2.75) is 185 Å². The van der Waals surface area contributed by atoms with E-state index < -0.39 is 30.2 Å². The summed E-state index contributed by atoms with van der Waals surface area (Å²) < 4.78 is 0. The summed E-state index contributed by atoms with van der Waals surface area (Å²) in [6, 6.07) is 87.5. The summed E-state index contributed by atoms with van der Waals surface area (Å²) >= 11 is 0. The molecule has 8 amide bonds. The van der Waals surface area contributed by atoms with Crippen LogP contribution in [0.15, 0.2) is 291 Å². The number of allylic oxidation sites excluding steroid dienone is 2. The lowest BCUT2D eigenvalue weighted by Crippen LogP contribution is -2.53. The van der Waals surface area contributed by atoms with Crippen LogP contribution in [-0.2, 0) is 89.7 Å². The van der Waals surface area contributed by atoms with Crippen molar-refractivity contribution in [1.29, 1.82) is 0 Å². The number of likely N-dealkylation sites (N-methyl/N-ethyl adjacent to an activating group) is 2. The van der Waals surface area contributed by atoms with Gasteiger partial charge in [-0.3, -0.25) is 38.4 Å². The Morgan fingerprint density at radius 3 is 1.24 bits per heavy atom. The molecule has 0 radical (unpaired) electrons. The highest BCUT2D eigenvalue weighted by Crippen LogP contribution is 2.34.